The minimum absolute atomic E-state index is 0.0389. The normalized spacial score (nSPS) is 11.5. The first-order valence-corrected chi connectivity index (χ1v) is 11.7. The number of ether oxygens (including phenoxy) is 1. The lowest BCUT2D eigenvalue weighted by atomic mass is 10.2. The Hall–Kier alpha value is -3.05. The fourth-order valence-electron chi connectivity index (χ4n) is 2.77. The first-order valence-electron chi connectivity index (χ1n) is 9.40. The Morgan fingerprint density at radius 1 is 1.16 bits per heavy atom. The zero-order valence-electron chi connectivity index (χ0n) is 17.4. The molecule has 0 aliphatic heterocycles. The van der Waals surface area contributed by atoms with Crippen molar-refractivity contribution in [3.8, 4) is 0 Å². The standard InChI is InChI=1S/C20H22N4O5S2/c1-11(2)9-29-20(26)17-12(3)16-18(21-10-22-19(16)30-17)23-14-5-7-15(8-6-14)31(27,28)24-13(4)25/h5-8,10-11H,9H2,1-4H3,(H,24,25)(H,21,22,23). The minimum Gasteiger partial charge on any atom is -0.461 e. The molecule has 11 heteroatoms. The van der Waals surface area contributed by atoms with E-state index in [1.165, 1.54) is 29.8 Å². The highest BCUT2D eigenvalue weighted by Crippen LogP contribution is 2.35. The van der Waals surface area contributed by atoms with E-state index in [1.807, 2.05) is 25.5 Å². The molecule has 2 heterocycles. The molecule has 0 spiro atoms. The van der Waals surface area contributed by atoms with Crippen LogP contribution in [-0.4, -0.2) is 36.9 Å². The van der Waals surface area contributed by atoms with Crippen molar-refractivity contribution in [2.24, 2.45) is 5.92 Å². The van der Waals surface area contributed by atoms with Crippen molar-refractivity contribution < 1.29 is 22.7 Å². The van der Waals surface area contributed by atoms with E-state index in [0.29, 0.717) is 38.8 Å². The van der Waals surface area contributed by atoms with E-state index in [-0.39, 0.29) is 10.8 Å². The number of amides is 1. The van der Waals surface area contributed by atoms with Crippen LogP contribution in [0.2, 0.25) is 0 Å². The number of fused-ring (bicyclic) bond motifs is 1. The summed E-state index contributed by atoms with van der Waals surface area (Å²) in [5.74, 6) is -0.346. The van der Waals surface area contributed by atoms with Crippen LogP contribution in [0.3, 0.4) is 0 Å². The average Bonchev–Trinajstić information content (AvgIpc) is 3.03. The number of hydrogen-bond acceptors (Lipinski definition) is 9. The van der Waals surface area contributed by atoms with Gasteiger partial charge in [-0.3, -0.25) is 4.79 Å². The molecule has 0 bridgehead atoms. The van der Waals surface area contributed by atoms with Crippen LogP contribution in [0.25, 0.3) is 10.2 Å². The average molecular weight is 463 g/mol. The third-order valence-electron chi connectivity index (χ3n) is 4.17. The maximum Gasteiger partial charge on any atom is 0.348 e. The topological polar surface area (TPSA) is 127 Å². The first-order chi connectivity index (χ1) is 14.6. The zero-order chi connectivity index (χ0) is 22.8. The fourth-order valence-corrected chi connectivity index (χ4v) is 4.80. The molecule has 1 aromatic carbocycles. The molecule has 0 aliphatic carbocycles. The number of carbonyl (C=O) groups is 2. The molecule has 0 aliphatic rings. The predicted octanol–water partition coefficient (Wildman–Crippen LogP) is 3.38. The molecule has 0 saturated heterocycles. The van der Waals surface area contributed by atoms with Gasteiger partial charge in [0.2, 0.25) is 5.91 Å². The molecule has 9 nitrogen and oxygen atoms in total. The molecule has 2 N–H and O–H groups in total. The second-order valence-electron chi connectivity index (χ2n) is 7.26. The van der Waals surface area contributed by atoms with Crippen molar-refractivity contribution in [1.29, 1.82) is 0 Å². The van der Waals surface area contributed by atoms with E-state index in [9.17, 15) is 18.0 Å². The number of carbonyl (C=O) groups excluding carboxylic acids is 2. The molecule has 3 rings (SSSR count). The number of thiophene rings is 1. The van der Waals surface area contributed by atoms with Gasteiger partial charge in [-0.15, -0.1) is 11.3 Å². The molecule has 0 atom stereocenters. The lowest BCUT2D eigenvalue weighted by Crippen LogP contribution is -2.28. The van der Waals surface area contributed by atoms with Gasteiger partial charge in [-0.25, -0.2) is 27.9 Å². The summed E-state index contributed by atoms with van der Waals surface area (Å²) in [6.45, 7) is 7.19. The smallest absolute Gasteiger partial charge is 0.348 e. The van der Waals surface area contributed by atoms with Gasteiger partial charge in [0.1, 0.15) is 21.9 Å². The van der Waals surface area contributed by atoms with Crippen molar-refractivity contribution in [3.63, 3.8) is 0 Å². The molecule has 0 fully saturated rings. The van der Waals surface area contributed by atoms with Gasteiger partial charge in [0.25, 0.3) is 10.0 Å². The number of hydrogen-bond donors (Lipinski definition) is 2. The molecule has 3 aromatic rings. The van der Waals surface area contributed by atoms with Crippen LogP contribution in [0.15, 0.2) is 35.5 Å². The summed E-state index contributed by atoms with van der Waals surface area (Å²) in [4.78, 5) is 33.1. The van der Waals surface area contributed by atoms with Crippen molar-refractivity contribution in [2.75, 3.05) is 11.9 Å². The molecule has 1 amide bonds. The Bertz CT molecular complexity index is 1230. The summed E-state index contributed by atoms with van der Waals surface area (Å²) < 4.78 is 31.4. The van der Waals surface area contributed by atoms with Gasteiger partial charge in [-0.2, -0.15) is 0 Å². The van der Waals surface area contributed by atoms with E-state index in [1.54, 1.807) is 12.1 Å². The van der Waals surface area contributed by atoms with E-state index in [2.05, 4.69) is 15.3 Å². The van der Waals surface area contributed by atoms with Crippen LogP contribution in [0.5, 0.6) is 0 Å². The molecular weight excluding hydrogens is 440 g/mol. The van der Waals surface area contributed by atoms with Gasteiger partial charge in [0.15, 0.2) is 0 Å². The lowest BCUT2D eigenvalue weighted by molar-refractivity contribution is -0.117. The van der Waals surface area contributed by atoms with Crippen molar-refractivity contribution in [1.82, 2.24) is 14.7 Å². The molecular formula is C20H22N4O5S2. The highest BCUT2D eigenvalue weighted by Gasteiger charge is 2.21. The van der Waals surface area contributed by atoms with Crippen LogP contribution in [0.1, 0.15) is 36.0 Å². The number of anilines is 2. The van der Waals surface area contributed by atoms with E-state index < -0.39 is 21.9 Å². The SMILES string of the molecule is CC(=O)NS(=O)(=O)c1ccc(Nc2ncnc3sc(C(=O)OCC(C)C)c(C)c23)cc1. The number of sulfonamides is 1. The van der Waals surface area contributed by atoms with Gasteiger partial charge >= 0.3 is 5.97 Å². The quantitative estimate of drug-likeness (QED) is 0.512. The predicted molar refractivity (Wildman–Crippen MR) is 118 cm³/mol. The molecule has 164 valence electrons. The summed E-state index contributed by atoms with van der Waals surface area (Å²) in [7, 11) is -3.91. The van der Waals surface area contributed by atoms with E-state index >= 15 is 0 Å². The van der Waals surface area contributed by atoms with Crippen LogP contribution in [0.4, 0.5) is 11.5 Å². The molecule has 31 heavy (non-hydrogen) atoms. The number of rotatable bonds is 7. The number of aryl methyl sites for hydroxylation is 1. The lowest BCUT2D eigenvalue weighted by Gasteiger charge is -2.09. The Morgan fingerprint density at radius 2 is 1.84 bits per heavy atom. The van der Waals surface area contributed by atoms with Crippen molar-refractivity contribution >= 4 is 55.0 Å². The summed E-state index contributed by atoms with van der Waals surface area (Å²) in [6, 6.07) is 5.87. The van der Waals surface area contributed by atoms with Crippen LogP contribution in [-0.2, 0) is 19.6 Å². The highest BCUT2D eigenvalue weighted by atomic mass is 32.2. The molecule has 2 aromatic heterocycles. The van der Waals surface area contributed by atoms with Crippen molar-refractivity contribution in [3.05, 3.63) is 41.0 Å². The zero-order valence-corrected chi connectivity index (χ0v) is 19.1. The number of benzene rings is 1. The number of aromatic nitrogens is 2. The molecule has 0 unspecified atom stereocenters. The van der Waals surface area contributed by atoms with E-state index in [4.69, 9.17) is 4.74 Å². The molecule has 0 saturated carbocycles. The third kappa shape index (κ3) is 5.17. The minimum atomic E-state index is -3.91. The maximum atomic E-state index is 12.4. The van der Waals surface area contributed by atoms with Gasteiger partial charge in [0, 0.05) is 12.6 Å². The Labute approximate surface area is 183 Å². The van der Waals surface area contributed by atoms with Crippen LogP contribution >= 0.6 is 11.3 Å². The summed E-state index contributed by atoms with van der Waals surface area (Å²) in [6.07, 6.45) is 1.39. The van der Waals surface area contributed by atoms with Gasteiger partial charge in [-0.05, 0) is 42.7 Å². The number of esters is 1. The third-order valence-corrected chi connectivity index (χ3v) is 6.79. The van der Waals surface area contributed by atoms with Gasteiger partial charge < -0.3 is 10.1 Å². The largest absolute Gasteiger partial charge is 0.461 e. The summed E-state index contributed by atoms with van der Waals surface area (Å²) in [5, 5.41) is 3.82. The Balaban J connectivity index is 1.88. The number of nitrogens with zero attached hydrogens (tertiary/aromatic N) is 2. The Kier molecular flexibility index (Phi) is 6.56. The van der Waals surface area contributed by atoms with Gasteiger partial charge in [-0.1, -0.05) is 13.8 Å². The summed E-state index contributed by atoms with van der Waals surface area (Å²) >= 11 is 1.23. The fraction of sp³-hybridized carbons (Fsp3) is 0.300. The Morgan fingerprint density at radius 3 is 2.45 bits per heavy atom. The summed E-state index contributed by atoms with van der Waals surface area (Å²) in [5.41, 5.74) is 1.29. The second kappa shape index (κ2) is 8.98. The number of nitrogens with one attached hydrogen (secondary N) is 2. The van der Waals surface area contributed by atoms with Crippen molar-refractivity contribution in [2.45, 2.75) is 32.6 Å². The highest BCUT2D eigenvalue weighted by molar-refractivity contribution is 7.90. The maximum absolute atomic E-state index is 12.4. The second-order valence-corrected chi connectivity index (χ2v) is 9.94. The molecule has 0 radical (unpaired) electrons. The first kappa shape index (κ1) is 22.6. The monoisotopic (exact) mass is 462 g/mol. The van der Waals surface area contributed by atoms with Crippen LogP contribution in [0, 0.1) is 12.8 Å². The van der Waals surface area contributed by atoms with Gasteiger partial charge in [0.05, 0.1) is 16.9 Å². The van der Waals surface area contributed by atoms with Crippen LogP contribution < -0.4 is 10.0 Å². The van der Waals surface area contributed by atoms with E-state index in [0.717, 1.165) is 6.92 Å².